The fourth-order valence-corrected chi connectivity index (χ4v) is 1.42. The molecule has 0 atom stereocenters. The van der Waals surface area contributed by atoms with Gasteiger partial charge in [0.2, 0.25) is 0 Å². The van der Waals surface area contributed by atoms with Crippen LogP contribution in [0.25, 0.3) is 0 Å². The van der Waals surface area contributed by atoms with Gasteiger partial charge in [-0.25, -0.2) is 4.79 Å². The number of aromatic nitrogens is 1. The Kier molecular flexibility index (Phi) is 3.56. The lowest BCUT2D eigenvalue weighted by molar-refractivity contribution is -0.384. The number of nitro benzene ring substituents is 1. The van der Waals surface area contributed by atoms with E-state index in [4.69, 9.17) is 9.26 Å². The predicted octanol–water partition coefficient (Wildman–Crippen LogP) is 2.25. The lowest BCUT2D eigenvalue weighted by Gasteiger charge is -2.01. The van der Waals surface area contributed by atoms with Crippen LogP contribution >= 0.6 is 0 Å². The van der Waals surface area contributed by atoms with E-state index in [0.29, 0.717) is 11.5 Å². The van der Waals surface area contributed by atoms with E-state index in [0.717, 1.165) is 0 Å². The highest BCUT2D eigenvalue weighted by Gasteiger charge is 2.11. The Labute approximate surface area is 107 Å². The second-order valence-electron chi connectivity index (χ2n) is 3.81. The van der Waals surface area contributed by atoms with Crippen LogP contribution in [-0.2, 0) is 11.3 Å². The lowest BCUT2D eigenvalue weighted by Crippen LogP contribution is -2.04. The number of esters is 1. The molecule has 0 aliphatic heterocycles. The van der Waals surface area contributed by atoms with Gasteiger partial charge in [0.15, 0.2) is 12.4 Å². The molecule has 0 bridgehead atoms. The maximum Gasteiger partial charge on any atom is 0.338 e. The van der Waals surface area contributed by atoms with E-state index in [2.05, 4.69) is 5.16 Å². The minimum Gasteiger partial charge on any atom is -0.454 e. The summed E-state index contributed by atoms with van der Waals surface area (Å²) >= 11 is 0. The van der Waals surface area contributed by atoms with E-state index in [1.165, 1.54) is 24.3 Å². The minimum atomic E-state index is -0.580. The molecule has 2 rings (SSSR count). The average Bonchev–Trinajstić information content (AvgIpc) is 2.82. The standard InChI is InChI=1S/C12H10N2O5/c1-8-6-11(19-13-8)7-18-12(15)9-2-4-10(5-3-9)14(16)17/h2-6H,7H2,1H3. The van der Waals surface area contributed by atoms with Crippen LogP contribution in [0.2, 0.25) is 0 Å². The number of carbonyl (C=O) groups excluding carboxylic acids is 1. The van der Waals surface area contributed by atoms with Crippen LogP contribution in [0.1, 0.15) is 21.8 Å². The smallest absolute Gasteiger partial charge is 0.338 e. The second kappa shape index (κ2) is 5.30. The number of nitrogens with zero attached hydrogens (tertiary/aromatic N) is 2. The van der Waals surface area contributed by atoms with Gasteiger partial charge in [0.1, 0.15) is 0 Å². The molecule has 1 heterocycles. The van der Waals surface area contributed by atoms with Gasteiger partial charge >= 0.3 is 5.97 Å². The first-order chi connectivity index (χ1) is 9.06. The third-order valence-corrected chi connectivity index (χ3v) is 2.34. The van der Waals surface area contributed by atoms with Gasteiger partial charge in [-0.1, -0.05) is 5.16 Å². The molecule has 19 heavy (non-hydrogen) atoms. The quantitative estimate of drug-likeness (QED) is 0.476. The molecule has 0 spiro atoms. The molecule has 7 nitrogen and oxygen atoms in total. The first kappa shape index (κ1) is 12.7. The van der Waals surface area contributed by atoms with Crippen molar-refractivity contribution >= 4 is 11.7 Å². The van der Waals surface area contributed by atoms with Crippen molar-refractivity contribution in [3.63, 3.8) is 0 Å². The molecule has 0 aliphatic carbocycles. The van der Waals surface area contributed by atoms with E-state index < -0.39 is 10.9 Å². The number of ether oxygens (including phenoxy) is 1. The molecule has 0 saturated heterocycles. The van der Waals surface area contributed by atoms with Gasteiger partial charge < -0.3 is 9.26 Å². The van der Waals surface area contributed by atoms with Gasteiger partial charge in [0.25, 0.3) is 5.69 Å². The summed E-state index contributed by atoms with van der Waals surface area (Å²) in [5.41, 5.74) is 0.852. The molecule has 1 aromatic carbocycles. The number of carbonyl (C=O) groups is 1. The number of hydrogen-bond donors (Lipinski definition) is 0. The monoisotopic (exact) mass is 262 g/mol. The van der Waals surface area contributed by atoms with Crippen LogP contribution in [0.4, 0.5) is 5.69 Å². The molecule has 0 amide bonds. The summed E-state index contributed by atoms with van der Waals surface area (Å²) in [4.78, 5) is 21.6. The highest BCUT2D eigenvalue weighted by atomic mass is 16.6. The second-order valence-corrected chi connectivity index (χ2v) is 3.81. The van der Waals surface area contributed by atoms with Gasteiger partial charge in [0, 0.05) is 18.2 Å². The predicted molar refractivity (Wildman–Crippen MR) is 63.5 cm³/mol. The van der Waals surface area contributed by atoms with Gasteiger partial charge in [-0.15, -0.1) is 0 Å². The summed E-state index contributed by atoms with van der Waals surface area (Å²) < 4.78 is 9.87. The Morgan fingerprint density at radius 2 is 2.11 bits per heavy atom. The molecule has 98 valence electrons. The Bertz CT molecular complexity index is 603. The zero-order valence-corrected chi connectivity index (χ0v) is 10.0. The molecule has 2 aromatic rings. The lowest BCUT2D eigenvalue weighted by atomic mass is 10.2. The summed E-state index contributed by atoms with van der Waals surface area (Å²) in [7, 11) is 0. The zero-order valence-electron chi connectivity index (χ0n) is 10.0. The highest BCUT2D eigenvalue weighted by molar-refractivity contribution is 5.89. The fraction of sp³-hybridized carbons (Fsp3) is 0.167. The van der Waals surface area contributed by atoms with E-state index in [9.17, 15) is 14.9 Å². The first-order valence-electron chi connectivity index (χ1n) is 5.40. The molecule has 7 heteroatoms. The van der Waals surface area contributed by atoms with Crippen LogP contribution in [0, 0.1) is 17.0 Å². The van der Waals surface area contributed by atoms with Crippen molar-refractivity contribution in [2.45, 2.75) is 13.5 Å². The molecular formula is C12H10N2O5. The zero-order chi connectivity index (χ0) is 13.8. The summed E-state index contributed by atoms with van der Waals surface area (Å²) in [6.07, 6.45) is 0. The molecule has 0 aliphatic rings. The van der Waals surface area contributed by atoms with Crippen LogP contribution in [0.3, 0.4) is 0 Å². The molecule has 0 unspecified atom stereocenters. The van der Waals surface area contributed by atoms with Gasteiger partial charge in [-0.05, 0) is 19.1 Å². The summed E-state index contributed by atoms with van der Waals surface area (Å²) in [5, 5.41) is 14.1. The number of aryl methyl sites for hydroxylation is 1. The first-order valence-corrected chi connectivity index (χ1v) is 5.40. The van der Waals surface area contributed by atoms with Crippen molar-refractivity contribution in [3.8, 4) is 0 Å². The average molecular weight is 262 g/mol. The van der Waals surface area contributed by atoms with E-state index >= 15 is 0 Å². The summed E-state index contributed by atoms with van der Waals surface area (Å²) in [5.74, 6) is -0.142. The Hall–Kier alpha value is -2.70. The number of nitro groups is 1. The topological polar surface area (TPSA) is 95.5 Å². The van der Waals surface area contributed by atoms with Crippen molar-refractivity contribution < 1.29 is 19.0 Å². The van der Waals surface area contributed by atoms with Gasteiger partial charge in [0.05, 0.1) is 16.2 Å². The van der Waals surface area contributed by atoms with Crippen LogP contribution in [-0.4, -0.2) is 16.0 Å². The molecular weight excluding hydrogens is 252 g/mol. The van der Waals surface area contributed by atoms with Crippen molar-refractivity contribution in [2.24, 2.45) is 0 Å². The van der Waals surface area contributed by atoms with Gasteiger partial charge in [-0.2, -0.15) is 0 Å². The van der Waals surface area contributed by atoms with Gasteiger partial charge in [-0.3, -0.25) is 10.1 Å². The molecule has 1 aromatic heterocycles. The third kappa shape index (κ3) is 3.15. The SMILES string of the molecule is Cc1cc(COC(=O)c2ccc([N+](=O)[O-])cc2)on1. The van der Waals surface area contributed by atoms with E-state index in [1.807, 2.05) is 0 Å². The summed E-state index contributed by atoms with van der Waals surface area (Å²) in [6.45, 7) is 1.72. The maximum absolute atomic E-state index is 11.7. The molecule has 0 N–H and O–H groups in total. The number of rotatable bonds is 4. The maximum atomic E-state index is 11.7. The molecule has 0 fully saturated rings. The number of non-ortho nitro benzene ring substituents is 1. The highest BCUT2D eigenvalue weighted by Crippen LogP contribution is 2.13. The van der Waals surface area contributed by atoms with Crippen LogP contribution in [0.15, 0.2) is 34.9 Å². The fourth-order valence-electron chi connectivity index (χ4n) is 1.42. The number of hydrogen-bond acceptors (Lipinski definition) is 6. The van der Waals surface area contributed by atoms with E-state index in [1.54, 1.807) is 13.0 Å². The third-order valence-electron chi connectivity index (χ3n) is 2.34. The summed E-state index contributed by atoms with van der Waals surface area (Å²) in [6, 6.07) is 6.83. The van der Waals surface area contributed by atoms with Crippen molar-refractivity contribution in [2.75, 3.05) is 0 Å². The van der Waals surface area contributed by atoms with Crippen molar-refractivity contribution in [1.82, 2.24) is 5.16 Å². The normalized spacial score (nSPS) is 10.2. The van der Waals surface area contributed by atoms with Crippen LogP contribution < -0.4 is 0 Å². The van der Waals surface area contributed by atoms with E-state index in [-0.39, 0.29) is 17.9 Å². The minimum absolute atomic E-state index is 0.0311. The van der Waals surface area contributed by atoms with Crippen molar-refractivity contribution in [3.05, 3.63) is 57.5 Å². The number of benzene rings is 1. The largest absolute Gasteiger partial charge is 0.454 e. The van der Waals surface area contributed by atoms with Crippen molar-refractivity contribution in [1.29, 1.82) is 0 Å². The Morgan fingerprint density at radius 3 is 2.63 bits per heavy atom. The molecule has 0 radical (unpaired) electrons. The Balaban J connectivity index is 1.98. The Morgan fingerprint density at radius 1 is 1.42 bits per heavy atom. The van der Waals surface area contributed by atoms with Crippen LogP contribution in [0.5, 0.6) is 0 Å². The molecule has 0 saturated carbocycles.